The Kier molecular flexibility index (Phi) is 5.68. The van der Waals surface area contributed by atoms with E-state index in [1.165, 1.54) is 0 Å². The van der Waals surface area contributed by atoms with Gasteiger partial charge in [0.25, 0.3) is 5.91 Å². The molecular formula is C15H22N4O. The topological polar surface area (TPSA) is 71.2 Å². The minimum atomic E-state index is -0.221. The second-order valence-corrected chi connectivity index (χ2v) is 5.30. The molecule has 1 rings (SSSR count). The van der Waals surface area contributed by atoms with Crippen LogP contribution >= 0.6 is 0 Å². The zero-order chi connectivity index (χ0) is 15.2. The Morgan fingerprint density at radius 2 is 2.20 bits per heavy atom. The number of rotatable bonds is 4. The summed E-state index contributed by atoms with van der Waals surface area (Å²) in [5.74, 6) is 5.38. The smallest absolute Gasteiger partial charge is 0.271 e. The summed E-state index contributed by atoms with van der Waals surface area (Å²) in [7, 11) is 3.95. The highest BCUT2D eigenvalue weighted by atomic mass is 16.1. The van der Waals surface area contributed by atoms with E-state index in [0.717, 1.165) is 0 Å². The number of carbonyl (C=O) groups excluding carboxylic acids is 1. The van der Waals surface area contributed by atoms with E-state index < -0.39 is 0 Å². The van der Waals surface area contributed by atoms with Gasteiger partial charge in [0.15, 0.2) is 0 Å². The van der Waals surface area contributed by atoms with Crippen LogP contribution < -0.4 is 11.1 Å². The van der Waals surface area contributed by atoms with E-state index in [2.05, 4.69) is 40.9 Å². The lowest BCUT2D eigenvalue weighted by molar-refractivity contribution is 0.0914. The monoisotopic (exact) mass is 274 g/mol. The maximum absolute atomic E-state index is 12.2. The van der Waals surface area contributed by atoms with E-state index in [1.54, 1.807) is 18.3 Å². The van der Waals surface area contributed by atoms with Crippen molar-refractivity contribution in [1.82, 2.24) is 15.2 Å². The Bertz CT molecular complexity index is 526. The fraction of sp³-hybridized carbons (Fsp3) is 0.467. The number of nitrogens with two attached hydrogens (primary N) is 1. The van der Waals surface area contributed by atoms with Crippen molar-refractivity contribution in [2.75, 3.05) is 27.2 Å². The minimum Gasteiger partial charge on any atom is -0.349 e. The number of hydrogen-bond acceptors (Lipinski definition) is 4. The number of aromatic nitrogens is 1. The molecule has 3 N–H and O–H groups in total. The number of pyridine rings is 1. The Morgan fingerprint density at radius 1 is 1.50 bits per heavy atom. The summed E-state index contributed by atoms with van der Waals surface area (Å²) in [6.07, 6.45) is 1.58. The van der Waals surface area contributed by atoms with Crippen molar-refractivity contribution in [1.29, 1.82) is 0 Å². The van der Waals surface area contributed by atoms with E-state index >= 15 is 0 Å². The van der Waals surface area contributed by atoms with Crippen LogP contribution in [0.5, 0.6) is 0 Å². The molecule has 0 fully saturated rings. The van der Waals surface area contributed by atoms with Crippen LogP contribution in [0, 0.1) is 11.8 Å². The second-order valence-electron chi connectivity index (χ2n) is 5.30. The number of carbonyl (C=O) groups is 1. The fourth-order valence-electron chi connectivity index (χ4n) is 1.37. The average molecular weight is 274 g/mol. The molecule has 0 radical (unpaired) electrons. The first-order chi connectivity index (χ1) is 9.38. The first-order valence-corrected chi connectivity index (χ1v) is 6.48. The molecule has 0 aliphatic rings. The van der Waals surface area contributed by atoms with Gasteiger partial charge in [-0.2, -0.15) is 0 Å². The van der Waals surface area contributed by atoms with E-state index in [1.807, 2.05) is 14.1 Å². The fourth-order valence-corrected chi connectivity index (χ4v) is 1.37. The maximum Gasteiger partial charge on any atom is 0.271 e. The zero-order valence-electron chi connectivity index (χ0n) is 12.5. The summed E-state index contributed by atoms with van der Waals surface area (Å²) in [6, 6.07) is 3.52. The predicted molar refractivity (Wildman–Crippen MR) is 80.3 cm³/mol. The van der Waals surface area contributed by atoms with Gasteiger partial charge >= 0.3 is 0 Å². The maximum atomic E-state index is 12.2. The van der Waals surface area contributed by atoms with Crippen LogP contribution in [0.25, 0.3) is 0 Å². The highest BCUT2D eigenvalue weighted by Gasteiger charge is 2.22. The molecule has 0 spiro atoms. The molecule has 0 bridgehead atoms. The van der Waals surface area contributed by atoms with Crippen LogP contribution in [0.3, 0.4) is 0 Å². The molecule has 1 heterocycles. The molecule has 0 unspecified atom stereocenters. The van der Waals surface area contributed by atoms with Gasteiger partial charge < -0.3 is 16.0 Å². The number of nitrogens with zero attached hydrogens (tertiary/aromatic N) is 2. The van der Waals surface area contributed by atoms with E-state index in [-0.39, 0.29) is 18.0 Å². The lowest BCUT2D eigenvalue weighted by Gasteiger charge is -2.32. The summed E-state index contributed by atoms with van der Waals surface area (Å²) in [5, 5.41) is 2.90. The van der Waals surface area contributed by atoms with Gasteiger partial charge in [-0.25, -0.2) is 4.98 Å². The lowest BCUT2D eigenvalue weighted by atomic mass is 10.0. The molecule has 5 heteroatoms. The highest BCUT2D eigenvalue weighted by molar-refractivity contribution is 5.94. The van der Waals surface area contributed by atoms with Gasteiger partial charge in [0.2, 0.25) is 0 Å². The third kappa shape index (κ3) is 4.34. The largest absolute Gasteiger partial charge is 0.349 e. The Hall–Kier alpha value is -1.90. The van der Waals surface area contributed by atoms with Crippen molar-refractivity contribution >= 4 is 5.91 Å². The van der Waals surface area contributed by atoms with Crippen molar-refractivity contribution in [2.45, 2.75) is 19.4 Å². The lowest BCUT2D eigenvalue weighted by Crippen LogP contribution is -2.48. The molecule has 1 aromatic heterocycles. The van der Waals surface area contributed by atoms with Crippen molar-refractivity contribution in [3.63, 3.8) is 0 Å². The number of nitrogens with one attached hydrogen (secondary N) is 1. The van der Waals surface area contributed by atoms with Gasteiger partial charge in [-0.15, -0.1) is 0 Å². The Labute approximate surface area is 120 Å². The van der Waals surface area contributed by atoms with Gasteiger partial charge in [-0.1, -0.05) is 11.8 Å². The SMILES string of the molecule is CN(C)C(C)(C)CNC(=O)c1ncccc1C#CCN. The third-order valence-corrected chi connectivity index (χ3v) is 3.24. The van der Waals surface area contributed by atoms with Crippen LogP contribution in [-0.4, -0.2) is 48.5 Å². The summed E-state index contributed by atoms with van der Waals surface area (Å²) in [6.45, 7) is 4.89. The van der Waals surface area contributed by atoms with Gasteiger partial charge in [-0.05, 0) is 40.1 Å². The van der Waals surface area contributed by atoms with Crippen LogP contribution in [0.2, 0.25) is 0 Å². The first-order valence-electron chi connectivity index (χ1n) is 6.48. The molecule has 0 aliphatic carbocycles. The van der Waals surface area contributed by atoms with Gasteiger partial charge in [0, 0.05) is 18.3 Å². The zero-order valence-corrected chi connectivity index (χ0v) is 12.5. The van der Waals surface area contributed by atoms with Crippen molar-refractivity contribution < 1.29 is 4.79 Å². The number of hydrogen-bond donors (Lipinski definition) is 2. The molecule has 0 aliphatic heterocycles. The molecule has 0 saturated heterocycles. The quantitative estimate of drug-likeness (QED) is 0.783. The molecule has 0 atom stereocenters. The summed E-state index contributed by atoms with van der Waals surface area (Å²) in [4.78, 5) is 18.4. The molecule has 108 valence electrons. The van der Waals surface area contributed by atoms with E-state index in [4.69, 9.17) is 5.73 Å². The Morgan fingerprint density at radius 3 is 2.80 bits per heavy atom. The normalized spacial score (nSPS) is 10.9. The molecule has 1 amide bonds. The summed E-state index contributed by atoms with van der Waals surface area (Å²) < 4.78 is 0. The van der Waals surface area contributed by atoms with E-state index in [9.17, 15) is 4.79 Å². The predicted octanol–water partition coefficient (Wildman–Crippen LogP) is 0.462. The van der Waals surface area contributed by atoms with E-state index in [0.29, 0.717) is 17.8 Å². The molecular weight excluding hydrogens is 252 g/mol. The van der Waals surface area contributed by atoms with Crippen LogP contribution in [0.15, 0.2) is 18.3 Å². The third-order valence-electron chi connectivity index (χ3n) is 3.24. The van der Waals surface area contributed by atoms with Crippen LogP contribution in [0.4, 0.5) is 0 Å². The van der Waals surface area contributed by atoms with Crippen molar-refractivity contribution in [3.05, 3.63) is 29.6 Å². The first kappa shape index (κ1) is 16.2. The number of likely N-dealkylation sites (N-methyl/N-ethyl adjacent to an activating group) is 1. The molecule has 20 heavy (non-hydrogen) atoms. The highest BCUT2D eigenvalue weighted by Crippen LogP contribution is 2.09. The summed E-state index contributed by atoms with van der Waals surface area (Å²) in [5.41, 5.74) is 6.15. The Balaban J connectivity index is 2.83. The second kappa shape index (κ2) is 7.04. The standard InChI is InChI=1S/C15H22N4O/c1-15(2,19(3)4)11-18-14(20)13-12(7-5-9-16)8-6-10-17-13/h6,8,10H,9,11,16H2,1-4H3,(H,18,20). The minimum absolute atomic E-state index is 0.131. The van der Waals surface area contributed by atoms with Gasteiger partial charge in [0.1, 0.15) is 5.69 Å². The molecule has 0 aromatic carbocycles. The van der Waals surface area contributed by atoms with Crippen molar-refractivity contribution in [3.8, 4) is 11.8 Å². The van der Waals surface area contributed by atoms with Crippen LogP contribution in [0.1, 0.15) is 29.9 Å². The average Bonchev–Trinajstić information content (AvgIpc) is 2.42. The van der Waals surface area contributed by atoms with Gasteiger partial charge in [0.05, 0.1) is 12.1 Å². The van der Waals surface area contributed by atoms with Gasteiger partial charge in [-0.3, -0.25) is 4.79 Å². The molecule has 5 nitrogen and oxygen atoms in total. The molecule has 0 saturated carbocycles. The molecule has 1 aromatic rings. The number of amides is 1. The summed E-state index contributed by atoms with van der Waals surface area (Å²) >= 11 is 0. The van der Waals surface area contributed by atoms with Crippen molar-refractivity contribution in [2.24, 2.45) is 5.73 Å². The van der Waals surface area contributed by atoms with Crippen LogP contribution in [-0.2, 0) is 0 Å².